The van der Waals surface area contributed by atoms with Crippen molar-refractivity contribution in [2.45, 2.75) is 70.5 Å². The lowest BCUT2D eigenvalue weighted by Gasteiger charge is -2.27. The highest BCUT2D eigenvalue weighted by Gasteiger charge is 2.32. The predicted molar refractivity (Wildman–Crippen MR) is 110 cm³/mol. The average Bonchev–Trinajstić information content (AvgIpc) is 2.58. The second-order valence-corrected chi connectivity index (χ2v) is 7.18. The number of nitrogens with two attached hydrogens (primary N) is 1. The van der Waals surface area contributed by atoms with E-state index in [1.165, 1.54) is 0 Å². The van der Waals surface area contributed by atoms with Gasteiger partial charge in [0.25, 0.3) is 0 Å². The molecule has 0 aliphatic rings. The Morgan fingerprint density at radius 3 is 1.71 bits per heavy atom. The first-order chi connectivity index (χ1) is 11.6. The summed E-state index contributed by atoms with van der Waals surface area (Å²) in [6.45, 7) is 6.23. The van der Waals surface area contributed by atoms with Gasteiger partial charge in [0.15, 0.2) is 0 Å². The van der Waals surface area contributed by atoms with Crippen LogP contribution in [0.3, 0.4) is 0 Å². The Hall–Kier alpha value is -1.22. The maximum atomic E-state index is 11.6. The molecule has 0 aliphatic heterocycles. The highest BCUT2D eigenvalue weighted by Crippen LogP contribution is 2.32. The van der Waals surface area contributed by atoms with Crippen LogP contribution in [0.25, 0.3) is 0 Å². The molecule has 0 heterocycles. The number of allylic oxidation sites excluding steroid dienone is 8. The fourth-order valence-corrected chi connectivity index (χ4v) is 3.49. The van der Waals surface area contributed by atoms with Crippen LogP contribution in [0.5, 0.6) is 0 Å². The van der Waals surface area contributed by atoms with Gasteiger partial charge in [-0.25, -0.2) is 0 Å². The van der Waals surface area contributed by atoms with Crippen molar-refractivity contribution in [2.75, 3.05) is 5.75 Å². The highest BCUT2D eigenvalue weighted by atomic mass is 32.2. The Bertz CT molecular complexity index is 431. The van der Waals surface area contributed by atoms with Crippen LogP contribution in [0, 0.1) is 0 Å². The third-order valence-corrected chi connectivity index (χ3v) is 5.74. The largest absolute Gasteiger partial charge is 0.368 e. The van der Waals surface area contributed by atoms with E-state index < -0.39 is 0 Å². The zero-order chi connectivity index (χ0) is 18.1. The summed E-state index contributed by atoms with van der Waals surface area (Å²) in [5.41, 5.74) is 5.55. The van der Waals surface area contributed by atoms with E-state index >= 15 is 0 Å². The molecule has 0 rings (SSSR count). The molecule has 0 aromatic heterocycles. The number of hydrogen-bond acceptors (Lipinski definition) is 2. The van der Waals surface area contributed by atoms with Crippen LogP contribution in [0.2, 0.25) is 0 Å². The second-order valence-electron chi connectivity index (χ2n) is 5.70. The molecule has 1 amide bonds. The molecule has 0 bridgehead atoms. The van der Waals surface area contributed by atoms with E-state index in [1.807, 2.05) is 13.8 Å². The molecule has 24 heavy (non-hydrogen) atoms. The molecular formula is C21H35NOS. The number of hydrogen-bond donors (Lipinski definition) is 1. The molecule has 3 heteroatoms. The molecular weight excluding hydrogens is 314 g/mol. The summed E-state index contributed by atoms with van der Waals surface area (Å²) in [6.07, 6.45) is 24.3. The van der Waals surface area contributed by atoms with Gasteiger partial charge in [0, 0.05) is 0 Å². The van der Waals surface area contributed by atoms with Crippen LogP contribution >= 0.6 is 11.8 Å². The molecule has 0 unspecified atom stereocenters. The monoisotopic (exact) mass is 349 g/mol. The van der Waals surface area contributed by atoms with Crippen molar-refractivity contribution in [3.05, 3.63) is 48.6 Å². The van der Waals surface area contributed by atoms with E-state index in [9.17, 15) is 4.79 Å². The minimum Gasteiger partial charge on any atom is -0.368 e. The molecule has 0 spiro atoms. The number of carbonyl (C=O) groups excluding carboxylic acids is 1. The van der Waals surface area contributed by atoms with Crippen LogP contribution in [0.1, 0.15) is 65.7 Å². The van der Waals surface area contributed by atoms with Crippen molar-refractivity contribution in [3.63, 3.8) is 0 Å². The van der Waals surface area contributed by atoms with E-state index in [-0.39, 0.29) is 10.7 Å². The average molecular weight is 350 g/mol. The van der Waals surface area contributed by atoms with Crippen molar-refractivity contribution in [3.8, 4) is 0 Å². The first kappa shape index (κ1) is 22.8. The Morgan fingerprint density at radius 1 is 0.833 bits per heavy atom. The lowest BCUT2D eigenvalue weighted by Crippen LogP contribution is -2.40. The van der Waals surface area contributed by atoms with Crippen molar-refractivity contribution in [1.82, 2.24) is 0 Å². The molecule has 0 radical (unpaired) electrons. The summed E-state index contributed by atoms with van der Waals surface area (Å²) in [7, 11) is 0. The summed E-state index contributed by atoms with van der Waals surface area (Å²) >= 11 is 1.70. The lowest BCUT2D eigenvalue weighted by atomic mass is 10.0. The number of rotatable bonds is 14. The van der Waals surface area contributed by atoms with Crippen LogP contribution in [-0.2, 0) is 4.79 Å². The SMILES string of the molecule is CC/C=C\C/C=C\C/C=C\C/C=C\CCSC(CC)(CC)C(N)=O. The lowest BCUT2D eigenvalue weighted by molar-refractivity contribution is -0.120. The van der Waals surface area contributed by atoms with Crippen LogP contribution in [0.4, 0.5) is 0 Å². The van der Waals surface area contributed by atoms with Gasteiger partial charge in [0.1, 0.15) is 0 Å². The molecule has 0 atom stereocenters. The number of primary amides is 1. The Balaban J connectivity index is 3.81. The number of amides is 1. The molecule has 2 nitrogen and oxygen atoms in total. The topological polar surface area (TPSA) is 43.1 Å². The molecule has 0 aromatic carbocycles. The maximum Gasteiger partial charge on any atom is 0.233 e. The normalized spacial score (nSPS) is 13.1. The van der Waals surface area contributed by atoms with Crippen molar-refractivity contribution in [1.29, 1.82) is 0 Å². The highest BCUT2D eigenvalue weighted by molar-refractivity contribution is 8.01. The van der Waals surface area contributed by atoms with Crippen molar-refractivity contribution in [2.24, 2.45) is 5.73 Å². The second kappa shape index (κ2) is 15.3. The van der Waals surface area contributed by atoms with Gasteiger partial charge in [0.05, 0.1) is 4.75 Å². The van der Waals surface area contributed by atoms with Crippen molar-refractivity contribution < 1.29 is 4.79 Å². The molecule has 0 saturated heterocycles. The van der Waals surface area contributed by atoms with Gasteiger partial charge >= 0.3 is 0 Å². The summed E-state index contributed by atoms with van der Waals surface area (Å²) in [5, 5.41) is 0. The third-order valence-electron chi connectivity index (χ3n) is 3.97. The molecule has 0 aromatic rings. The van der Waals surface area contributed by atoms with E-state index in [1.54, 1.807) is 11.8 Å². The van der Waals surface area contributed by atoms with Gasteiger partial charge in [0.2, 0.25) is 5.91 Å². The standard InChI is InChI=1S/C21H35NOS/c1-4-7-8-9-10-11-12-13-14-15-16-17-18-19-24-21(5-2,6-3)20(22)23/h7-8,10-11,13-14,16-17H,4-6,9,12,15,18-19H2,1-3H3,(H2,22,23)/b8-7-,11-10-,14-13-,17-16-. The summed E-state index contributed by atoms with van der Waals surface area (Å²) < 4.78 is -0.383. The van der Waals surface area contributed by atoms with Crippen LogP contribution < -0.4 is 5.73 Å². The molecule has 0 aliphatic carbocycles. The summed E-state index contributed by atoms with van der Waals surface area (Å²) in [6, 6.07) is 0. The Kier molecular flexibility index (Phi) is 14.5. The van der Waals surface area contributed by atoms with Crippen molar-refractivity contribution >= 4 is 17.7 Å². The zero-order valence-electron chi connectivity index (χ0n) is 15.7. The molecule has 2 N–H and O–H groups in total. The van der Waals surface area contributed by atoms with Crippen LogP contribution in [-0.4, -0.2) is 16.4 Å². The minimum atomic E-state index is -0.383. The summed E-state index contributed by atoms with van der Waals surface area (Å²) in [5.74, 6) is 0.765. The quantitative estimate of drug-likeness (QED) is 0.310. The minimum absolute atomic E-state index is 0.178. The third kappa shape index (κ3) is 10.5. The molecule has 0 saturated carbocycles. The van der Waals surface area contributed by atoms with Gasteiger partial charge < -0.3 is 5.73 Å². The fraction of sp³-hybridized carbons (Fsp3) is 0.571. The van der Waals surface area contributed by atoms with Crippen LogP contribution in [0.15, 0.2) is 48.6 Å². The predicted octanol–water partition coefficient (Wildman–Crippen LogP) is 5.96. The number of carbonyl (C=O) groups is 1. The van der Waals surface area contributed by atoms with E-state index in [2.05, 4.69) is 55.5 Å². The zero-order valence-corrected chi connectivity index (χ0v) is 16.5. The number of thioether (sulfide) groups is 1. The molecule has 136 valence electrons. The van der Waals surface area contributed by atoms with E-state index in [4.69, 9.17) is 5.73 Å². The first-order valence-electron chi connectivity index (χ1n) is 9.16. The van der Waals surface area contributed by atoms with E-state index in [0.717, 1.165) is 50.7 Å². The van der Waals surface area contributed by atoms with Gasteiger partial charge in [-0.05, 0) is 50.7 Å². The first-order valence-corrected chi connectivity index (χ1v) is 10.1. The van der Waals surface area contributed by atoms with E-state index in [0.29, 0.717) is 0 Å². The smallest absolute Gasteiger partial charge is 0.233 e. The summed E-state index contributed by atoms with van der Waals surface area (Å²) in [4.78, 5) is 11.6. The van der Waals surface area contributed by atoms with Gasteiger partial charge in [-0.15, -0.1) is 11.8 Å². The fourth-order valence-electron chi connectivity index (χ4n) is 2.29. The Morgan fingerprint density at radius 2 is 1.29 bits per heavy atom. The van der Waals surface area contributed by atoms with Gasteiger partial charge in [-0.3, -0.25) is 4.79 Å². The van der Waals surface area contributed by atoms with Gasteiger partial charge in [-0.2, -0.15) is 0 Å². The Labute approximate surface area is 153 Å². The maximum absolute atomic E-state index is 11.6. The van der Waals surface area contributed by atoms with Gasteiger partial charge in [-0.1, -0.05) is 69.4 Å². The molecule has 0 fully saturated rings.